The predicted octanol–water partition coefficient (Wildman–Crippen LogP) is 2.18. The minimum absolute atomic E-state index is 0.0177. The lowest BCUT2D eigenvalue weighted by molar-refractivity contribution is -0.130. The van der Waals surface area contributed by atoms with Crippen molar-refractivity contribution in [2.24, 2.45) is 0 Å². The molecule has 0 aromatic heterocycles. The lowest BCUT2D eigenvalue weighted by Gasteiger charge is -2.26. The van der Waals surface area contributed by atoms with Crippen molar-refractivity contribution in [2.75, 3.05) is 57.4 Å². The summed E-state index contributed by atoms with van der Waals surface area (Å²) in [5.74, 6) is 0.0177. The van der Waals surface area contributed by atoms with Crippen LogP contribution in [0.2, 0.25) is 0 Å². The highest BCUT2D eigenvalue weighted by Crippen LogP contribution is 2.47. The average Bonchev–Trinajstić information content (AvgIpc) is 3.38. The summed E-state index contributed by atoms with van der Waals surface area (Å²) in [7, 11) is 0. The molecule has 164 valence electrons. The maximum atomic E-state index is 12.8. The molecular weight excluding hydrogens is 390 g/mol. The number of nitrogens with zero attached hydrogens (tertiary/aromatic N) is 2. The normalized spacial score (nSPS) is 25.7. The number of carbonyl (C=O) groups is 1. The summed E-state index contributed by atoms with van der Waals surface area (Å²) in [6.07, 6.45) is 0.355. The van der Waals surface area contributed by atoms with E-state index in [1.54, 1.807) is 0 Å². The van der Waals surface area contributed by atoms with Crippen LogP contribution in [0.3, 0.4) is 0 Å². The van der Waals surface area contributed by atoms with Gasteiger partial charge in [0.1, 0.15) is 6.10 Å². The minimum Gasteiger partial charge on any atom is -0.379 e. The average molecular weight is 422 g/mol. The topological polar surface area (TPSA) is 54.0 Å². The Morgan fingerprint density at radius 2 is 1.84 bits per heavy atom. The molecule has 3 aliphatic rings. The van der Waals surface area contributed by atoms with Crippen LogP contribution in [0.5, 0.6) is 0 Å². The van der Waals surface area contributed by atoms with Gasteiger partial charge in [-0.05, 0) is 23.6 Å². The molecule has 0 bridgehead atoms. The highest BCUT2D eigenvalue weighted by atomic mass is 16.5. The Kier molecular flexibility index (Phi) is 5.94. The van der Waals surface area contributed by atoms with Gasteiger partial charge in [0.15, 0.2) is 0 Å². The molecule has 5 rings (SSSR count). The summed E-state index contributed by atoms with van der Waals surface area (Å²) >= 11 is 0. The molecule has 6 nitrogen and oxygen atoms in total. The summed E-state index contributed by atoms with van der Waals surface area (Å²) in [6, 6.07) is 19.2. The Bertz CT molecular complexity index is 900. The first-order valence-electron chi connectivity index (χ1n) is 11.3. The standard InChI is InChI=1S/C25H31N3O3/c29-24(26-10-11-27-12-14-30-15-13-27)23-16-25(19-31-23)18-28(17-20-6-2-1-3-7-20)22-9-5-4-8-21(22)25/h1-9,23H,10-19H2,(H,26,29)/t23-,25-/m1/s1. The van der Waals surface area contributed by atoms with Crippen molar-refractivity contribution in [3.05, 3.63) is 65.7 Å². The Morgan fingerprint density at radius 3 is 2.68 bits per heavy atom. The van der Waals surface area contributed by atoms with Gasteiger partial charge in [0.2, 0.25) is 5.91 Å². The monoisotopic (exact) mass is 421 g/mol. The summed E-state index contributed by atoms with van der Waals surface area (Å²) in [4.78, 5) is 17.6. The van der Waals surface area contributed by atoms with E-state index in [0.717, 1.165) is 52.4 Å². The van der Waals surface area contributed by atoms with Crippen molar-refractivity contribution in [1.29, 1.82) is 0 Å². The summed E-state index contributed by atoms with van der Waals surface area (Å²) < 4.78 is 11.5. The molecule has 1 amide bonds. The Morgan fingerprint density at radius 1 is 1.06 bits per heavy atom. The van der Waals surface area contributed by atoms with Gasteiger partial charge in [0, 0.05) is 50.4 Å². The molecule has 3 aliphatic heterocycles. The summed E-state index contributed by atoms with van der Waals surface area (Å²) in [6.45, 7) is 7.30. The summed E-state index contributed by atoms with van der Waals surface area (Å²) in [5.41, 5.74) is 3.76. The van der Waals surface area contributed by atoms with Crippen LogP contribution in [0.1, 0.15) is 17.5 Å². The molecule has 31 heavy (non-hydrogen) atoms. The van der Waals surface area contributed by atoms with Crippen molar-refractivity contribution in [3.63, 3.8) is 0 Å². The van der Waals surface area contributed by atoms with Crippen LogP contribution < -0.4 is 10.2 Å². The van der Waals surface area contributed by atoms with Gasteiger partial charge in [-0.1, -0.05) is 48.5 Å². The molecule has 0 unspecified atom stereocenters. The number of carbonyl (C=O) groups excluding carboxylic acids is 1. The number of fused-ring (bicyclic) bond motifs is 2. The van der Waals surface area contributed by atoms with E-state index in [2.05, 4.69) is 69.7 Å². The van der Waals surface area contributed by atoms with Gasteiger partial charge in [-0.3, -0.25) is 9.69 Å². The van der Waals surface area contributed by atoms with E-state index in [4.69, 9.17) is 9.47 Å². The molecule has 0 radical (unpaired) electrons. The largest absolute Gasteiger partial charge is 0.379 e. The number of para-hydroxylation sites is 1. The van der Waals surface area contributed by atoms with Gasteiger partial charge < -0.3 is 19.7 Å². The van der Waals surface area contributed by atoms with E-state index in [9.17, 15) is 4.79 Å². The second-order valence-corrected chi connectivity index (χ2v) is 8.89. The molecular formula is C25H31N3O3. The second kappa shape index (κ2) is 8.99. The van der Waals surface area contributed by atoms with E-state index in [0.29, 0.717) is 13.2 Å². The Labute approximate surface area is 184 Å². The third kappa shape index (κ3) is 4.33. The maximum absolute atomic E-state index is 12.8. The zero-order chi connectivity index (χ0) is 21.1. The predicted molar refractivity (Wildman–Crippen MR) is 120 cm³/mol. The molecule has 2 atom stereocenters. The smallest absolute Gasteiger partial charge is 0.249 e. The number of anilines is 1. The van der Waals surface area contributed by atoms with Gasteiger partial charge in [-0.2, -0.15) is 0 Å². The first kappa shape index (κ1) is 20.5. The maximum Gasteiger partial charge on any atom is 0.249 e. The second-order valence-electron chi connectivity index (χ2n) is 8.89. The number of hydrogen-bond acceptors (Lipinski definition) is 5. The van der Waals surface area contributed by atoms with Gasteiger partial charge >= 0.3 is 0 Å². The van der Waals surface area contributed by atoms with Crippen molar-refractivity contribution >= 4 is 11.6 Å². The minimum atomic E-state index is -0.380. The molecule has 1 spiro atoms. The number of ether oxygens (including phenoxy) is 2. The van der Waals surface area contributed by atoms with Crippen LogP contribution in [0.25, 0.3) is 0 Å². The third-order valence-electron chi connectivity index (χ3n) is 6.79. The Balaban J connectivity index is 1.22. The highest BCUT2D eigenvalue weighted by Gasteiger charge is 2.50. The molecule has 0 saturated carbocycles. The van der Waals surface area contributed by atoms with Crippen molar-refractivity contribution < 1.29 is 14.3 Å². The highest BCUT2D eigenvalue weighted by molar-refractivity contribution is 5.81. The molecule has 2 aromatic rings. The zero-order valence-electron chi connectivity index (χ0n) is 18.0. The van der Waals surface area contributed by atoms with Gasteiger partial charge in [-0.25, -0.2) is 0 Å². The summed E-state index contributed by atoms with van der Waals surface area (Å²) in [5, 5.41) is 3.09. The van der Waals surface area contributed by atoms with Gasteiger partial charge in [0.25, 0.3) is 0 Å². The first-order chi connectivity index (χ1) is 15.2. The van der Waals surface area contributed by atoms with Crippen molar-refractivity contribution in [3.8, 4) is 0 Å². The van der Waals surface area contributed by atoms with Crippen LogP contribution in [0, 0.1) is 0 Å². The lowest BCUT2D eigenvalue weighted by atomic mass is 9.80. The van der Waals surface area contributed by atoms with Gasteiger partial charge in [0.05, 0.1) is 19.8 Å². The third-order valence-corrected chi connectivity index (χ3v) is 6.79. The molecule has 6 heteroatoms. The molecule has 2 aromatic carbocycles. The SMILES string of the molecule is O=C(NCCN1CCOCC1)[C@H]1C[C@]2(CO1)CN(Cc1ccccc1)c1ccccc12. The van der Waals surface area contributed by atoms with E-state index in [1.165, 1.54) is 16.8 Å². The van der Waals surface area contributed by atoms with E-state index in [-0.39, 0.29) is 17.4 Å². The number of morpholine rings is 1. The number of amides is 1. The molecule has 2 saturated heterocycles. The van der Waals surface area contributed by atoms with Crippen LogP contribution in [-0.4, -0.2) is 69.5 Å². The Hall–Kier alpha value is -2.41. The molecule has 2 fully saturated rings. The fourth-order valence-electron chi connectivity index (χ4n) is 5.15. The number of nitrogens with one attached hydrogen (secondary N) is 1. The number of rotatable bonds is 6. The fraction of sp³-hybridized carbons (Fsp3) is 0.480. The van der Waals surface area contributed by atoms with E-state index < -0.39 is 0 Å². The zero-order valence-corrected chi connectivity index (χ0v) is 18.0. The fourth-order valence-corrected chi connectivity index (χ4v) is 5.15. The van der Waals surface area contributed by atoms with Gasteiger partial charge in [-0.15, -0.1) is 0 Å². The quantitative estimate of drug-likeness (QED) is 0.775. The molecule has 3 heterocycles. The van der Waals surface area contributed by atoms with Crippen molar-refractivity contribution in [2.45, 2.75) is 24.5 Å². The van der Waals surface area contributed by atoms with Crippen LogP contribution in [0.15, 0.2) is 54.6 Å². The first-order valence-corrected chi connectivity index (χ1v) is 11.3. The number of hydrogen-bond donors (Lipinski definition) is 1. The van der Waals surface area contributed by atoms with Crippen molar-refractivity contribution in [1.82, 2.24) is 10.2 Å². The van der Waals surface area contributed by atoms with E-state index >= 15 is 0 Å². The molecule has 1 N–H and O–H groups in total. The van der Waals surface area contributed by atoms with Crippen LogP contribution in [0.4, 0.5) is 5.69 Å². The number of benzene rings is 2. The lowest BCUT2D eigenvalue weighted by Crippen LogP contribution is -2.43. The molecule has 0 aliphatic carbocycles. The van der Waals surface area contributed by atoms with E-state index in [1.807, 2.05) is 0 Å². The van der Waals surface area contributed by atoms with Crippen LogP contribution in [-0.2, 0) is 26.2 Å². The van der Waals surface area contributed by atoms with Crippen LogP contribution >= 0.6 is 0 Å².